The number of carbonyl (C=O) groups is 1. The lowest BCUT2D eigenvalue weighted by Gasteiger charge is -2.24. The van der Waals surface area contributed by atoms with Crippen LogP contribution in [0.25, 0.3) is 11.0 Å². The fraction of sp³-hybridized carbons (Fsp3) is 0.350. The molecule has 1 fully saturated rings. The summed E-state index contributed by atoms with van der Waals surface area (Å²) in [6, 6.07) is 11.5. The van der Waals surface area contributed by atoms with E-state index >= 15 is 0 Å². The largest absolute Gasteiger partial charge is 0.481 e. The number of nitrogens with zero attached hydrogens (tertiary/aromatic N) is 1. The first kappa shape index (κ1) is 17.1. The quantitative estimate of drug-likeness (QED) is 0.660. The van der Waals surface area contributed by atoms with Gasteiger partial charge in [-0.15, -0.1) is 11.3 Å². The van der Waals surface area contributed by atoms with Gasteiger partial charge in [-0.25, -0.2) is 0 Å². The Balaban J connectivity index is 1.52. The number of benzene rings is 1. The van der Waals surface area contributed by atoms with E-state index in [1.807, 2.05) is 35.7 Å². The predicted octanol–water partition coefficient (Wildman–Crippen LogP) is 4.55. The van der Waals surface area contributed by atoms with Gasteiger partial charge in [-0.1, -0.05) is 18.2 Å². The Morgan fingerprint density at radius 2 is 2.27 bits per heavy atom. The number of rotatable bonds is 7. The molecule has 3 aromatic rings. The molecule has 0 saturated carbocycles. The number of fused-ring (bicyclic) bond motifs is 1. The van der Waals surface area contributed by atoms with Crippen LogP contribution in [0.1, 0.15) is 30.2 Å². The van der Waals surface area contributed by atoms with Gasteiger partial charge in [0.1, 0.15) is 12.1 Å². The summed E-state index contributed by atoms with van der Waals surface area (Å²) in [5.41, 5.74) is 0.749. The number of ether oxygens (including phenoxy) is 1. The molecule has 0 unspecified atom stereocenters. The number of likely N-dealkylation sites (tertiary alicyclic amines) is 1. The third-order valence-corrected chi connectivity index (χ3v) is 5.86. The average molecular weight is 371 g/mol. The molecule has 1 aromatic carbocycles. The zero-order valence-corrected chi connectivity index (χ0v) is 15.2. The Kier molecular flexibility index (Phi) is 4.95. The number of aliphatic carboxylic acids is 1. The van der Waals surface area contributed by atoms with Gasteiger partial charge < -0.3 is 14.3 Å². The Morgan fingerprint density at radius 3 is 3.08 bits per heavy atom. The Morgan fingerprint density at radius 1 is 1.35 bits per heavy atom. The number of hydrogen-bond donors (Lipinski definition) is 1. The van der Waals surface area contributed by atoms with Crippen LogP contribution in [-0.2, 0) is 4.79 Å². The average Bonchev–Trinajstić information content (AvgIpc) is 3.39. The van der Waals surface area contributed by atoms with E-state index in [0.29, 0.717) is 6.54 Å². The van der Waals surface area contributed by atoms with Crippen LogP contribution in [0.2, 0.25) is 0 Å². The standard InChI is InChI=1S/C20H21NO4S/c22-20(23)15-5-2-10-21(15)11-8-16(18-7-3-13-26-18)25-17-6-1-4-14-9-12-24-19(14)17/h1,3-4,6-7,9,12-13,15-16H,2,5,8,10-11H2,(H,22,23)/t15-,16-/m0/s1. The fourth-order valence-electron chi connectivity index (χ4n) is 3.60. The molecule has 26 heavy (non-hydrogen) atoms. The zero-order valence-electron chi connectivity index (χ0n) is 14.3. The number of para-hydroxylation sites is 1. The minimum atomic E-state index is -0.726. The number of furan rings is 1. The molecule has 4 rings (SSSR count). The summed E-state index contributed by atoms with van der Waals surface area (Å²) in [5.74, 6) is -0.00134. The highest BCUT2D eigenvalue weighted by Gasteiger charge is 2.31. The SMILES string of the molecule is O=C(O)[C@@H]1CCCN1CC[C@H](Oc1cccc2ccoc12)c1cccs1. The topological polar surface area (TPSA) is 62.9 Å². The van der Waals surface area contributed by atoms with Crippen LogP contribution in [0.4, 0.5) is 0 Å². The monoisotopic (exact) mass is 371 g/mol. The van der Waals surface area contributed by atoms with Crippen molar-refractivity contribution >= 4 is 28.3 Å². The lowest BCUT2D eigenvalue weighted by molar-refractivity contribution is -0.142. The van der Waals surface area contributed by atoms with Crippen molar-refractivity contribution in [3.05, 3.63) is 52.9 Å². The van der Waals surface area contributed by atoms with Crippen LogP contribution in [0.5, 0.6) is 5.75 Å². The molecule has 1 saturated heterocycles. The summed E-state index contributed by atoms with van der Waals surface area (Å²) < 4.78 is 11.9. The Labute approximate surface area is 155 Å². The number of hydrogen-bond acceptors (Lipinski definition) is 5. The molecule has 0 bridgehead atoms. The molecular formula is C20H21NO4S. The molecule has 5 nitrogen and oxygen atoms in total. The second-order valence-corrected chi connectivity index (χ2v) is 7.52. The van der Waals surface area contributed by atoms with Crippen LogP contribution >= 0.6 is 11.3 Å². The fourth-order valence-corrected chi connectivity index (χ4v) is 4.39. The van der Waals surface area contributed by atoms with Crippen molar-refractivity contribution < 1.29 is 19.1 Å². The second-order valence-electron chi connectivity index (χ2n) is 6.54. The number of carboxylic acids is 1. The normalized spacial score (nSPS) is 19.0. The first-order chi connectivity index (χ1) is 12.7. The molecule has 2 aromatic heterocycles. The summed E-state index contributed by atoms with van der Waals surface area (Å²) in [6.45, 7) is 1.54. The maximum absolute atomic E-state index is 11.4. The van der Waals surface area contributed by atoms with Crippen molar-refractivity contribution in [1.82, 2.24) is 4.90 Å². The maximum Gasteiger partial charge on any atom is 0.320 e. The highest BCUT2D eigenvalue weighted by molar-refractivity contribution is 7.10. The molecule has 1 aliphatic rings. The molecule has 3 heterocycles. The maximum atomic E-state index is 11.4. The molecule has 0 aliphatic carbocycles. The Bertz CT molecular complexity index is 873. The molecule has 1 aliphatic heterocycles. The summed E-state index contributed by atoms with van der Waals surface area (Å²) in [7, 11) is 0. The van der Waals surface area contributed by atoms with Gasteiger partial charge in [-0.2, -0.15) is 0 Å². The lowest BCUT2D eigenvalue weighted by Crippen LogP contribution is -2.37. The number of carboxylic acid groups (broad SMARTS) is 1. The molecule has 0 amide bonds. The van der Waals surface area contributed by atoms with Gasteiger partial charge in [0.2, 0.25) is 0 Å². The lowest BCUT2D eigenvalue weighted by atomic mass is 10.1. The minimum absolute atomic E-state index is 0.124. The van der Waals surface area contributed by atoms with Gasteiger partial charge in [0.15, 0.2) is 11.3 Å². The van der Waals surface area contributed by atoms with Crippen molar-refractivity contribution in [3.63, 3.8) is 0 Å². The van der Waals surface area contributed by atoms with Crippen LogP contribution in [-0.4, -0.2) is 35.1 Å². The summed E-state index contributed by atoms with van der Waals surface area (Å²) in [5, 5.41) is 12.4. The minimum Gasteiger partial charge on any atom is -0.481 e. The molecule has 1 N–H and O–H groups in total. The van der Waals surface area contributed by atoms with Gasteiger partial charge in [-0.3, -0.25) is 9.69 Å². The number of thiophene rings is 1. The van der Waals surface area contributed by atoms with E-state index in [4.69, 9.17) is 9.15 Å². The van der Waals surface area contributed by atoms with Crippen LogP contribution < -0.4 is 4.74 Å². The summed E-state index contributed by atoms with van der Waals surface area (Å²) in [6.07, 6.45) is 3.94. The van der Waals surface area contributed by atoms with Crippen molar-refractivity contribution in [2.45, 2.75) is 31.4 Å². The predicted molar refractivity (Wildman–Crippen MR) is 101 cm³/mol. The van der Waals surface area contributed by atoms with Crippen LogP contribution in [0.3, 0.4) is 0 Å². The van der Waals surface area contributed by atoms with Crippen LogP contribution in [0, 0.1) is 0 Å². The zero-order chi connectivity index (χ0) is 17.9. The van der Waals surface area contributed by atoms with E-state index in [9.17, 15) is 9.90 Å². The van der Waals surface area contributed by atoms with Gasteiger partial charge in [-0.05, 0) is 43.0 Å². The third kappa shape index (κ3) is 3.48. The van der Waals surface area contributed by atoms with Crippen molar-refractivity contribution in [2.75, 3.05) is 13.1 Å². The molecule has 2 atom stereocenters. The van der Waals surface area contributed by atoms with E-state index < -0.39 is 5.97 Å². The van der Waals surface area contributed by atoms with E-state index in [1.165, 1.54) is 0 Å². The van der Waals surface area contributed by atoms with Gasteiger partial charge >= 0.3 is 5.97 Å². The van der Waals surface area contributed by atoms with E-state index in [2.05, 4.69) is 11.0 Å². The second kappa shape index (κ2) is 7.51. The van der Waals surface area contributed by atoms with Gasteiger partial charge in [0.25, 0.3) is 0 Å². The van der Waals surface area contributed by atoms with Crippen molar-refractivity contribution in [1.29, 1.82) is 0 Å². The summed E-state index contributed by atoms with van der Waals surface area (Å²) in [4.78, 5) is 14.6. The smallest absolute Gasteiger partial charge is 0.320 e. The van der Waals surface area contributed by atoms with E-state index in [1.54, 1.807) is 17.6 Å². The molecule has 136 valence electrons. The Hall–Kier alpha value is -2.31. The van der Waals surface area contributed by atoms with E-state index in [-0.39, 0.29) is 12.1 Å². The highest BCUT2D eigenvalue weighted by Crippen LogP contribution is 2.34. The van der Waals surface area contributed by atoms with Gasteiger partial charge in [0, 0.05) is 23.2 Å². The molecular weight excluding hydrogens is 350 g/mol. The van der Waals surface area contributed by atoms with E-state index in [0.717, 1.165) is 47.4 Å². The summed E-state index contributed by atoms with van der Waals surface area (Å²) >= 11 is 1.66. The van der Waals surface area contributed by atoms with Crippen LogP contribution in [0.15, 0.2) is 52.5 Å². The van der Waals surface area contributed by atoms with Crippen molar-refractivity contribution in [3.8, 4) is 5.75 Å². The first-order valence-electron chi connectivity index (χ1n) is 8.85. The van der Waals surface area contributed by atoms with Crippen molar-refractivity contribution in [2.24, 2.45) is 0 Å². The highest BCUT2D eigenvalue weighted by atomic mass is 32.1. The molecule has 6 heteroatoms. The first-order valence-corrected chi connectivity index (χ1v) is 9.73. The molecule has 0 radical (unpaired) electrons. The third-order valence-electron chi connectivity index (χ3n) is 4.90. The molecule has 0 spiro atoms. The van der Waals surface area contributed by atoms with Gasteiger partial charge in [0.05, 0.1) is 6.26 Å².